The van der Waals surface area contributed by atoms with Gasteiger partial charge in [-0.15, -0.1) is 0 Å². The van der Waals surface area contributed by atoms with Crippen molar-refractivity contribution >= 4 is 17.4 Å². The van der Waals surface area contributed by atoms with Crippen molar-refractivity contribution in [3.8, 4) is 0 Å². The second-order valence-corrected chi connectivity index (χ2v) is 6.44. The summed E-state index contributed by atoms with van der Waals surface area (Å²) < 4.78 is 0. The molecule has 0 spiro atoms. The van der Waals surface area contributed by atoms with E-state index in [-0.39, 0.29) is 12.1 Å². The second kappa shape index (κ2) is 7.39. The number of nitrogens with zero attached hydrogens (tertiary/aromatic N) is 1. The summed E-state index contributed by atoms with van der Waals surface area (Å²) in [6.45, 7) is 6.03. The molecule has 2 N–H and O–H groups in total. The molecule has 126 valence electrons. The molecule has 4 heteroatoms. The van der Waals surface area contributed by atoms with Crippen LogP contribution in [-0.2, 0) is 0 Å². The number of urea groups is 1. The standard InChI is InChI=1S/C20H25N3O/c1-15-7-6-10-19(16(15)2)22-20(24)21-17-11-13-23(14-12-17)18-8-4-3-5-9-18/h3-10,17H,11-14H2,1-2H3,(H2,21,22,24). The summed E-state index contributed by atoms with van der Waals surface area (Å²) in [4.78, 5) is 14.6. The molecule has 1 fully saturated rings. The molecular weight excluding hydrogens is 298 g/mol. The van der Waals surface area contributed by atoms with Crippen LogP contribution >= 0.6 is 0 Å². The van der Waals surface area contributed by atoms with Crippen LogP contribution in [0.1, 0.15) is 24.0 Å². The summed E-state index contributed by atoms with van der Waals surface area (Å²) in [5, 5.41) is 6.09. The number of rotatable bonds is 3. The van der Waals surface area contributed by atoms with Crippen LogP contribution in [0.4, 0.5) is 16.2 Å². The molecular formula is C20H25N3O. The molecule has 0 aliphatic carbocycles. The largest absolute Gasteiger partial charge is 0.371 e. The minimum atomic E-state index is -0.109. The zero-order valence-electron chi connectivity index (χ0n) is 14.4. The molecule has 1 saturated heterocycles. The first-order valence-corrected chi connectivity index (χ1v) is 8.57. The van der Waals surface area contributed by atoms with Crippen LogP contribution in [0.15, 0.2) is 48.5 Å². The van der Waals surface area contributed by atoms with Gasteiger partial charge in [0.25, 0.3) is 0 Å². The van der Waals surface area contributed by atoms with Gasteiger partial charge in [0, 0.05) is 30.5 Å². The van der Waals surface area contributed by atoms with Crippen LogP contribution in [-0.4, -0.2) is 25.2 Å². The molecule has 2 aromatic rings. The fourth-order valence-electron chi connectivity index (χ4n) is 3.15. The molecule has 2 aromatic carbocycles. The molecule has 4 nitrogen and oxygen atoms in total. The quantitative estimate of drug-likeness (QED) is 0.893. The van der Waals surface area contributed by atoms with Gasteiger partial charge >= 0.3 is 6.03 Å². The third-order valence-electron chi connectivity index (χ3n) is 4.80. The van der Waals surface area contributed by atoms with E-state index in [9.17, 15) is 4.79 Å². The third-order valence-corrected chi connectivity index (χ3v) is 4.80. The number of benzene rings is 2. The van der Waals surface area contributed by atoms with Gasteiger partial charge in [-0.25, -0.2) is 4.79 Å². The Kier molecular flexibility index (Phi) is 5.04. The first-order chi connectivity index (χ1) is 11.6. The summed E-state index contributed by atoms with van der Waals surface area (Å²) in [6, 6.07) is 16.5. The van der Waals surface area contributed by atoms with Crippen molar-refractivity contribution < 1.29 is 4.79 Å². The highest BCUT2D eigenvalue weighted by Crippen LogP contribution is 2.20. The average molecular weight is 323 g/mol. The average Bonchev–Trinajstić information content (AvgIpc) is 2.60. The number of carbonyl (C=O) groups is 1. The predicted octanol–water partition coefficient (Wildman–Crippen LogP) is 4.09. The molecule has 2 amide bonds. The normalized spacial score (nSPS) is 15.2. The molecule has 24 heavy (non-hydrogen) atoms. The van der Waals surface area contributed by atoms with Crippen molar-refractivity contribution in [2.24, 2.45) is 0 Å². The molecule has 0 bridgehead atoms. The first-order valence-electron chi connectivity index (χ1n) is 8.57. The van der Waals surface area contributed by atoms with Gasteiger partial charge in [-0.05, 0) is 56.0 Å². The number of nitrogens with one attached hydrogen (secondary N) is 2. The minimum absolute atomic E-state index is 0.109. The van der Waals surface area contributed by atoms with Crippen molar-refractivity contribution in [1.29, 1.82) is 0 Å². The Morgan fingerprint density at radius 3 is 2.42 bits per heavy atom. The zero-order chi connectivity index (χ0) is 16.9. The highest BCUT2D eigenvalue weighted by atomic mass is 16.2. The highest BCUT2D eigenvalue weighted by molar-refractivity contribution is 5.90. The van der Waals surface area contributed by atoms with E-state index in [2.05, 4.69) is 52.8 Å². The van der Waals surface area contributed by atoms with E-state index < -0.39 is 0 Å². The lowest BCUT2D eigenvalue weighted by Crippen LogP contribution is -2.46. The summed E-state index contributed by atoms with van der Waals surface area (Å²) >= 11 is 0. The van der Waals surface area contributed by atoms with E-state index in [1.807, 2.05) is 25.1 Å². The van der Waals surface area contributed by atoms with Gasteiger partial charge in [0.05, 0.1) is 0 Å². The zero-order valence-corrected chi connectivity index (χ0v) is 14.4. The summed E-state index contributed by atoms with van der Waals surface area (Å²) in [6.07, 6.45) is 1.93. The van der Waals surface area contributed by atoms with E-state index in [4.69, 9.17) is 0 Å². The Morgan fingerprint density at radius 2 is 1.71 bits per heavy atom. The van der Waals surface area contributed by atoms with Crippen LogP contribution in [0, 0.1) is 13.8 Å². The van der Waals surface area contributed by atoms with Crippen molar-refractivity contribution in [1.82, 2.24) is 5.32 Å². The van der Waals surface area contributed by atoms with Gasteiger partial charge in [-0.1, -0.05) is 30.3 Å². The van der Waals surface area contributed by atoms with Gasteiger partial charge in [0.15, 0.2) is 0 Å². The monoisotopic (exact) mass is 323 g/mol. The van der Waals surface area contributed by atoms with E-state index in [1.165, 1.54) is 11.3 Å². The Balaban J connectivity index is 1.51. The Labute approximate surface area is 143 Å². The van der Waals surface area contributed by atoms with Gasteiger partial charge in [-0.3, -0.25) is 0 Å². The van der Waals surface area contributed by atoms with Gasteiger partial charge in [-0.2, -0.15) is 0 Å². The molecule has 0 saturated carbocycles. The highest BCUT2D eigenvalue weighted by Gasteiger charge is 2.21. The number of carbonyl (C=O) groups excluding carboxylic acids is 1. The van der Waals surface area contributed by atoms with Crippen molar-refractivity contribution in [2.45, 2.75) is 32.7 Å². The molecule has 1 aliphatic heterocycles. The smallest absolute Gasteiger partial charge is 0.319 e. The number of anilines is 2. The van der Waals surface area contributed by atoms with Crippen molar-refractivity contribution in [3.63, 3.8) is 0 Å². The van der Waals surface area contributed by atoms with Crippen LogP contribution < -0.4 is 15.5 Å². The van der Waals surface area contributed by atoms with Crippen LogP contribution in [0.25, 0.3) is 0 Å². The van der Waals surface area contributed by atoms with Crippen LogP contribution in [0.2, 0.25) is 0 Å². The van der Waals surface area contributed by atoms with Crippen LogP contribution in [0.3, 0.4) is 0 Å². The van der Waals surface area contributed by atoms with E-state index >= 15 is 0 Å². The molecule has 0 unspecified atom stereocenters. The van der Waals surface area contributed by atoms with Crippen molar-refractivity contribution in [2.75, 3.05) is 23.3 Å². The predicted molar refractivity (Wildman–Crippen MR) is 99.7 cm³/mol. The fourth-order valence-corrected chi connectivity index (χ4v) is 3.15. The van der Waals surface area contributed by atoms with Gasteiger partial charge in [0.1, 0.15) is 0 Å². The maximum absolute atomic E-state index is 12.3. The number of hydrogen-bond acceptors (Lipinski definition) is 2. The number of piperidine rings is 1. The Hall–Kier alpha value is -2.49. The van der Waals surface area contributed by atoms with Gasteiger partial charge in [0.2, 0.25) is 0 Å². The topological polar surface area (TPSA) is 44.4 Å². The molecule has 1 aliphatic rings. The lowest BCUT2D eigenvalue weighted by molar-refractivity contribution is 0.246. The Morgan fingerprint density at radius 1 is 1.00 bits per heavy atom. The number of para-hydroxylation sites is 1. The molecule has 0 aromatic heterocycles. The third kappa shape index (κ3) is 3.88. The molecule has 0 atom stereocenters. The molecule has 0 radical (unpaired) electrons. The van der Waals surface area contributed by atoms with E-state index in [0.717, 1.165) is 37.2 Å². The van der Waals surface area contributed by atoms with Crippen LogP contribution in [0.5, 0.6) is 0 Å². The number of amides is 2. The minimum Gasteiger partial charge on any atom is -0.371 e. The van der Waals surface area contributed by atoms with Crippen molar-refractivity contribution in [3.05, 3.63) is 59.7 Å². The Bertz CT molecular complexity index is 691. The number of aryl methyl sites for hydroxylation is 1. The summed E-state index contributed by atoms with van der Waals surface area (Å²) in [7, 11) is 0. The first kappa shape index (κ1) is 16.4. The number of hydrogen-bond donors (Lipinski definition) is 2. The molecule has 1 heterocycles. The molecule has 3 rings (SSSR count). The van der Waals surface area contributed by atoms with Gasteiger partial charge < -0.3 is 15.5 Å². The lowest BCUT2D eigenvalue weighted by Gasteiger charge is -2.34. The maximum atomic E-state index is 12.3. The summed E-state index contributed by atoms with van der Waals surface area (Å²) in [5.41, 5.74) is 4.44. The fraction of sp³-hybridized carbons (Fsp3) is 0.350. The maximum Gasteiger partial charge on any atom is 0.319 e. The SMILES string of the molecule is Cc1cccc(NC(=O)NC2CCN(c3ccccc3)CC2)c1C. The second-order valence-electron chi connectivity index (χ2n) is 6.44. The summed E-state index contributed by atoms with van der Waals surface area (Å²) in [5.74, 6) is 0. The van der Waals surface area contributed by atoms with E-state index in [1.54, 1.807) is 0 Å². The lowest BCUT2D eigenvalue weighted by atomic mass is 10.0. The van der Waals surface area contributed by atoms with E-state index in [0.29, 0.717) is 0 Å².